The van der Waals surface area contributed by atoms with E-state index in [4.69, 9.17) is 4.74 Å². The Morgan fingerprint density at radius 3 is 2.43 bits per heavy atom. The molecule has 2 heterocycles. The molecule has 0 radical (unpaired) electrons. The van der Waals surface area contributed by atoms with Gasteiger partial charge in [0.1, 0.15) is 29.1 Å². The molecule has 1 aromatic heterocycles. The predicted molar refractivity (Wildman–Crippen MR) is 160 cm³/mol. The fourth-order valence-electron chi connectivity index (χ4n) is 5.28. The van der Waals surface area contributed by atoms with Crippen LogP contribution in [0.5, 0.6) is 17.2 Å². The van der Waals surface area contributed by atoms with Crippen molar-refractivity contribution in [3.8, 4) is 17.2 Å². The van der Waals surface area contributed by atoms with Crippen LogP contribution < -0.4 is 14.8 Å². The summed E-state index contributed by atoms with van der Waals surface area (Å²) in [7, 11) is 0. The van der Waals surface area contributed by atoms with E-state index in [1.165, 1.54) is 18.2 Å². The highest BCUT2D eigenvalue weighted by atomic mass is 19.3. The van der Waals surface area contributed by atoms with Crippen molar-refractivity contribution >= 4 is 11.8 Å². The van der Waals surface area contributed by atoms with Gasteiger partial charge in [0.05, 0.1) is 5.69 Å². The summed E-state index contributed by atoms with van der Waals surface area (Å²) in [5.74, 6) is -0.390. The third-order valence-electron chi connectivity index (χ3n) is 7.36. The van der Waals surface area contributed by atoms with E-state index in [0.29, 0.717) is 42.5 Å². The molecule has 1 aliphatic heterocycles. The molecule has 1 aliphatic rings. The Bertz CT molecular complexity index is 1450. The van der Waals surface area contributed by atoms with E-state index < -0.39 is 18.0 Å². The van der Waals surface area contributed by atoms with Crippen molar-refractivity contribution < 1.29 is 32.2 Å². The van der Waals surface area contributed by atoms with Crippen LogP contribution in [0.25, 0.3) is 0 Å². The number of rotatable bonds is 11. The second kappa shape index (κ2) is 14.1. The highest BCUT2D eigenvalue weighted by molar-refractivity contribution is 5.89. The molecule has 11 heteroatoms. The summed E-state index contributed by atoms with van der Waals surface area (Å²) in [6, 6.07) is 13.0. The average molecular weight is 613 g/mol. The maximum atomic E-state index is 15.3. The number of pyridine rings is 1. The molecule has 1 N–H and O–H groups in total. The zero-order chi connectivity index (χ0) is 32.0. The van der Waals surface area contributed by atoms with Gasteiger partial charge in [0.2, 0.25) is 11.8 Å². The SMILES string of the molecule is CCc1ncccc1Oc1cccc(F)c1CN1C[C@@H](C)N(C(=O)C(C)C)[C@@H](C(=O)NCc2ccc(OC(C)(F)F)cc2)C1. The predicted octanol–water partition coefficient (Wildman–Crippen LogP) is 5.94. The molecule has 1 fully saturated rings. The summed E-state index contributed by atoms with van der Waals surface area (Å²) >= 11 is 0. The standard InChI is InChI=1S/C33H39F3N4O4/c1-6-27-30(11-8-16-37-27)43-29-10-7-9-26(34)25(29)19-39-18-22(4)40(32(42)21(2)3)28(20-39)31(41)38-17-23-12-14-24(15-13-23)44-33(5,35)36/h7-16,21-22,28H,6,17-20H2,1-5H3,(H,38,41)/t22-,28-/m1/s1. The van der Waals surface area contributed by atoms with E-state index in [1.54, 1.807) is 61.3 Å². The highest BCUT2D eigenvalue weighted by Gasteiger charge is 2.40. The van der Waals surface area contributed by atoms with Gasteiger partial charge in [0, 0.05) is 56.8 Å². The molecule has 0 unspecified atom stereocenters. The maximum absolute atomic E-state index is 15.3. The van der Waals surface area contributed by atoms with Crippen molar-refractivity contribution in [3.63, 3.8) is 0 Å². The van der Waals surface area contributed by atoms with Gasteiger partial charge < -0.3 is 19.7 Å². The molecule has 0 bridgehead atoms. The number of halogens is 3. The summed E-state index contributed by atoms with van der Waals surface area (Å²) in [6.45, 7) is 8.93. The van der Waals surface area contributed by atoms with Crippen LogP contribution >= 0.6 is 0 Å². The normalized spacial score (nSPS) is 17.4. The minimum atomic E-state index is -3.31. The summed E-state index contributed by atoms with van der Waals surface area (Å²) in [6.07, 6.45) is -0.980. The molecule has 3 aromatic rings. The third kappa shape index (κ3) is 8.28. The van der Waals surface area contributed by atoms with Gasteiger partial charge >= 0.3 is 6.11 Å². The van der Waals surface area contributed by atoms with Crippen molar-refractivity contribution in [1.29, 1.82) is 0 Å². The molecule has 8 nitrogen and oxygen atoms in total. The number of carbonyl (C=O) groups is 2. The van der Waals surface area contributed by atoms with E-state index in [9.17, 15) is 18.4 Å². The molecular formula is C33H39F3N4O4. The Morgan fingerprint density at radius 1 is 1.07 bits per heavy atom. The fourth-order valence-corrected chi connectivity index (χ4v) is 5.28. The molecule has 0 aliphatic carbocycles. The van der Waals surface area contributed by atoms with Gasteiger partial charge in [-0.15, -0.1) is 0 Å². The van der Waals surface area contributed by atoms with Crippen LogP contribution in [0.3, 0.4) is 0 Å². The number of aryl methyl sites for hydroxylation is 1. The largest absolute Gasteiger partial charge is 0.455 e. The number of hydrogen-bond acceptors (Lipinski definition) is 6. The van der Waals surface area contributed by atoms with Crippen LogP contribution in [0.2, 0.25) is 0 Å². The first kappa shape index (κ1) is 32.8. The number of carbonyl (C=O) groups excluding carboxylic acids is 2. The Labute approximate surface area is 256 Å². The van der Waals surface area contributed by atoms with Crippen molar-refractivity contribution in [2.24, 2.45) is 5.92 Å². The van der Waals surface area contributed by atoms with Gasteiger partial charge in [-0.2, -0.15) is 8.78 Å². The van der Waals surface area contributed by atoms with E-state index in [0.717, 1.165) is 5.69 Å². The second-order valence-electron chi connectivity index (χ2n) is 11.4. The second-order valence-corrected chi connectivity index (χ2v) is 11.4. The zero-order valence-corrected chi connectivity index (χ0v) is 25.6. The lowest BCUT2D eigenvalue weighted by molar-refractivity contribution is -0.159. The third-order valence-corrected chi connectivity index (χ3v) is 7.36. The molecule has 2 amide bonds. The van der Waals surface area contributed by atoms with Gasteiger partial charge in [0.25, 0.3) is 0 Å². The van der Waals surface area contributed by atoms with Gasteiger partial charge in [-0.05, 0) is 55.3 Å². The number of amides is 2. The molecule has 236 valence electrons. The number of nitrogens with one attached hydrogen (secondary N) is 1. The van der Waals surface area contributed by atoms with Gasteiger partial charge in [0.15, 0.2) is 0 Å². The summed E-state index contributed by atoms with van der Waals surface area (Å²) in [4.78, 5) is 34.8. The van der Waals surface area contributed by atoms with E-state index in [2.05, 4.69) is 15.0 Å². The number of alkyl halides is 2. The summed E-state index contributed by atoms with van der Waals surface area (Å²) in [5.41, 5.74) is 1.76. The minimum Gasteiger partial charge on any atom is -0.455 e. The zero-order valence-electron chi connectivity index (χ0n) is 25.6. The van der Waals surface area contributed by atoms with E-state index in [-0.39, 0.29) is 49.2 Å². The van der Waals surface area contributed by atoms with Crippen LogP contribution in [0.15, 0.2) is 60.8 Å². The monoisotopic (exact) mass is 612 g/mol. The van der Waals surface area contributed by atoms with Crippen molar-refractivity contribution in [2.45, 2.75) is 72.3 Å². The number of aromatic nitrogens is 1. The lowest BCUT2D eigenvalue weighted by atomic mass is 10.0. The van der Waals surface area contributed by atoms with E-state index in [1.807, 2.05) is 18.7 Å². The van der Waals surface area contributed by atoms with Crippen LogP contribution in [-0.2, 0) is 29.1 Å². The number of nitrogens with zero attached hydrogens (tertiary/aromatic N) is 3. The molecule has 1 saturated heterocycles. The van der Waals surface area contributed by atoms with Crippen LogP contribution in [-0.4, -0.2) is 57.9 Å². The number of benzene rings is 2. The number of piperazine rings is 1. The summed E-state index contributed by atoms with van der Waals surface area (Å²) < 4.78 is 52.3. The van der Waals surface area contributed by atoms with Crippen molar-refractivity contribution in [3.05, 3.63) is 83.4 Å². The number of hydrogen-bond donors (Lipinski definition) is 1. The minimum absolute atomic E-state index is 0.00367. The van der Waals surface area contributed by atoms with Gasteiger partial charge in [-0.3, -0.25) is 19.5 Å². The summed E-state index contributed by atoms with van der Waals surface area (Å²) in [5, 5.41) is 2.88. The first-order valence-corrected chi connectivity index (χ1v) is 14.7. The number of ether oxygens (including phenoxy) is 2. The Hall–Kier alpha value is -4.12. The van der Waals surface area contributed by atoms with Gasteiger partial charge in [-0.1, -0.05) is 39.0 Å². The van der Waals surface area contributed by atoms with Crippen LogP contribution in [0, 0.1) is 11.7 Å². The lowest BCUT2D eigenvalue weighted by Gasteiger charge is -2.45. The molecule has 44 heavy (non-hydrogen) atoms. The Balaban J connectivity index is 1.52. The van der Waals surface area contributed by atoms with Gasteiger partial charge in [-0.25, -0.2) is 4.39 Å². The topological polar surface area (TPSA) is 84.0 Å². The smallest absolute Gasteiger partial charge is 0.394 e. The van der Waals surface area contributed by atoms with E-state index >= 15 is 4.39 Å². The maximum Gasteiger partial charge on any atom is 0.394 e. The molecule has 2 aromatic carbocycles. The lowest BCUT2D eigenvalue weighted by Crippen LogP contribution is -2.64. The highest BCUT2D eigenvalue weighted by Crippen LogP contribution is 2.31. The molecule has 0 spiro atoms. The molecule has 2 atom stereocenters. The molecule has 0 saturated carbocycles. The van der Waals surface area contributed by atoms with Crippen molar-refractivity contribution in [1.82, 2.24) is 20.1 Å². The quantitative estimate of drug-likeness (QED) is 0.289. The van der Waals surface area contributed by atoms with Crippen LogP contribution in [0.1, 0.15) is 51.4 Å². The fraction of sp³-hybridized carbons (Fsp3) is 0.424. The first-order chi connectivity index (χ1) is 20.9. The Morgan fingerprint density at radius 2 is 1.77 bits per heavy atom. The van der Waals surface area contributed by atoms with Crippen molar-refractivity contribution in [2.75, 3.05) is 13.1 Å². The first-order valence-electron chi connectivity index (χ1n) is 14.7. The molecule has 4 rings (SSSR count). The Kier molecular flexibility index (Phi) is 10.5. The molecular weight excluding hydrogens is 573 g/mol. The average Bonchev–Trinajstić information content (AvgIpc) is 2.97. The van der Waals surface area contributed by atoms with Crippen LogP contribution in [0.4, 0.5) is 13.2 Å².